The molecule has 1 saturated carbocycles. The third kappa shape index (κ3) is 4.35. The highest BCUT2D eigenvalue weighted by Crippen LogP contribution is 2.26. The van der Waals surface area contributed by atoms with Crippen LogP contribution in [-0.2, 0) is 17.8 Å². The molecular formula is C21H32N2O2. The Labute approximate surface area is 151 Å². The lowest BCUT2D eigenvalue weighted by atomic mass is 9.86. The van der Waals surface area contributed by atoms with E-state index in [0.29, 0.717) is 18.6 Å². The maximum atomic E-state index is 12.8. The first-order valence-corrected chi connectivity index (χ1v) is 9.87. The summed E-state index contributed by atoms with van der Waals surface area (Å²) in [4.78, 5) is 15.1. The Balaban J connectivity index is 1.62. The van der Waals surface area contributed by atoms with Crippen molar-refractivity contribution in [3.63, 3.8) is 0 Å². The highest BCUT2D eigenvalue weighted by Gasteiger charge is 2.29. The molecule has 3 unspecified atom stereocenters. The van der Waals surface area contributed by atoms with Gasteiger partial charge in [0.15, 0.2) is 0 Å². The van der Waals surface area contributed by atoms with E-state index in [9.17, 15) is 4.79 Å². The fourth-order valence-electron chi connectivity index (χ4n) is 4.14. The molecule has 1 amide bonds. The molecule has 0 spiro atoms. The largest absolute Gasteiger partial charge is 0.494 e. The van der Waals surface area contributed by atoms with Gasteiger partial charge >= 0.3 is 0 Å². The number of nitrogens with one attached hydrogen (secondary N) is 1. The van der Waals surface area contributed by atoms with Gasteiger partial charge in [-0.2, -0.15) is 0 Å². The van der Waals surface area contributed by atoms with E-state index in [4.69, 9.17) is 4.74 Å². The van der Waals surface area contributed by atoms with Crippen molar-refractivity contribution in [3.8, 4) is 5.75 Å². The van der Waals surface area contributed by atoms with Gasteiger partial charge in [0.05, 0.1) is 12.6 Å². The topological polar surface area (TPSA) is 41.6 Å². The standard InChI is InChI=1S/C21H32N2O2/c1-4-25-19-10-9-17-11-12-23(14-18(17)13-19)16(3)21(24)22-20-8-6-5-7-15(20)2/h9-10,13,15-16,20H,4-8,11-12,14H2,1-3H3,(H,22,24). The number of hydrogen-bond acceptors (Lipinski definition) is 3. The van der Waals surface area contributed by atoms with Crippen molar-refractivity contribution in [2.75, 3.05) is 13.2 Å². The Morgan fingerprint density at radius 1 is 1.32 bits per heavy atom. The minimum atomic E-state index is -0.0852. The number of rotatable bonds is 5. The molecule has 3 atom stereocenters. The molecule has 2 aliphatic rings. The number of amides is 1. The third-order valence-electron chi connectivity index (χ3n) is 5.90. The Morgan fingerprint density at radius 2 is 2.12 bits per heavy atom. The van der Waals surface area contributed by atoms with Crippen LogP contribution in [0.25, 0.3) is 0 Å². The van der Waals surface area contributed by atoms with Gasteiger partial charge < -0.3 is 10.1 Å². The number of carbonyl (C=O) groups excluding carboxylic acids is 1. The Bertz CT molecular complexity index is 602. The SMILES string of the molecule is CCOc1ccc2c(c1)CN(C(C)C(=O)NC1CCCCC1C)CC2. The van der Waals surface area contributed by atoms with Crippen molar-refractivity contribution < 1.29 is 9.53 Å². The van der Waals surface area contributed by atoms with Gasteiger partial charge in [-0.1, -0.05) is 25.8 Å². The molecule has 1 aromatic rings. The second-order valence-corrected chi connectivity index (χ2v) is 7.64. The van der Waals surface area contributed by atoms with Crippen LogP contribution in [0.4, 0.5) is 0 Å². The van der Waals surface area contributed by atoms with Crippen LogP contribution in [0.1, 0.15) is 57.6 Å². The van der Waals surface area contributed by atoms with Crippen molar-refractivity contribution in [2.45, 2.75) is 71.5 Å². The summed E-state index contributed by atoms with van der Waals surface area (Å²) in [5.74, 6) is 1.71. The lowest BCUT2D eigenvalue weighted by Gasteiger charge is -2.35. The van der Waals surface area contributed by atoms with Crippen LogP contribution in [-0.4, -0.2) is 36.0 Å². The summed E-state index contributed by atoms with van der Waals surface area (Å²) < 4.78 is 5.63. The normalized spacial score (nSPS) is 25.1. The van der Waals surface area contributed by atoms with Crippen molar-refractivity contribution in [3.05, 3.63) is 29.3 Å². The molecule has 138 valence electrons. The van der Waals surface area contributed by atoms with E-state index in [2.05, 4.69) is 35.3 Å². The number of fused-ring (bicyclic) bond motifs is 1. The molecule has 1 aliphatic heterocycles. The summed E-state index contributed by atoms with van der Waals surface area (Å²) in [6.07, 6.45) is 5.89. The molecule has 3 rings (SSSR count). The molecule has 25 heavy (non-hydrogen) atoms. The van der Waals surface area contributed by atoms with Crippen molar-refractivity contribution >= 4 is 5.91 Å². The maximum absolute atomic E-state index is 12.8. The molecule has 0 saturated heterocycles. The second-order valence-electron chi connectivity index (χ2n) is 7.64. The molecule has 1 aromatic carbocycles. The first-order chi connectivity index (χ1) is 12.1. The minimum absolute atomic E-state index is 0.0852. The number of carbonyl (C=O) groups is 1. The summed E-state index contributed by atoms with van der Waals surface area (Å²) >= 11 is 0. The van der Waals surface area contributed by atoms with Crippen molar-refractivity contribution in [2.24, 2.45) is 5.92 Å². The zero-order valence-electron chi connectivity index (χ0n) is 15.9. The van der Waals surface area contributed by atoms with Gasteiger partial charge in [0.2, 0.25) is 5.91 Å². The van der Waals surface area contributed by atoms with E-state index >= 15 is 0 Å². The maximum Gasteiger partial charge on any atom is 0.237 e. The number of benzene rings is 1. The molecule has 4 nitrogen and oxygen atoms in total. The molecule has 1 N–H and O–H groups in total. The van der Waals surface area contributed by atoms with Crippen LogP contribution < -0.4 is 10.1 Å². The monoisotopic (exact) mass is 344 g/mol. The van der Waals surface area contributed by atoms with Crippen LogP contribution in [0.5, 0.6) is 5.75 Å². The van der Waals surface area contributed by atoms with Crippen molar-refractivity contribution in [1.29, 1.82) is 0 Å². The highest BCUT2D eigenvalue weighted by molar-refractivity contribution is 5.81. The molecule has 1 heterocycles. The Kier molecular flexibility index (Phi) is 6.00. The average Bonchev–Trinajstić information content (AvgIpc) is 2.62. The zero-order chi connectivity index (χ0) is 17.8. The molecule has 0 bridgehead atoms. The lowest BCUT2D eigenvalue weighted by molar-refractivity contribution is -0.127. The molecule has 1 aliphatic carbocycles. The average molecular weight is 344 g/mol. The van der Waals surface area contributed by atoms with Gasteiger partial charge in [-0.3, -0.25) is 9.69 Å². The zero-order valence-corrected chi connectivity index (χ0v) is 15.9. The Morgan fingerprint density at radius 3 is 2.88 bits per heavy atom. The van der Waals surface area contributed by atoms with Gasteiger partial charge in [0, 0.05) is 19.1 Å². The summed E-state index contributed by atoms with van der Waals surface area (Å²) in [5, 5.41) is 3.32. The van der Waals surface area contributed by atoms with E-state index in [0.717, 1.165) is 31.7 Å². The predicted octanol–water partition coefficient (Wildman–Crippen LogP) is 3.53. The molecule has 0 radical (unpaired) electrons. The lowest BCUT2D eigenvalue weighted by Crippen LogP contribution is -2.51. The van der Waals surface area contributed by atoms with Crippen LogP contribution in [0, 0.1) is 5.92 Å². The van der Waals surface area contributed by atoms with E-state index in [1.165, 1.54) is 30.4 Å². The predicted molar refractivity (Wildman–Crippen MR) is 101 cm³/mol. The highest BCUT2D eigenvalue weighted by atomic mass is 16.5. The summed E-state index contributed by atoms with van der Waals surface area (Å²) in [5.41, 5.74) is 2.68. The van der Waals surface area contributed by atoms with Gasteiger partial charge in [-0.05, 0) is 62.3 Å². The molecule has 0 aromatic heterocycles. The van der Waals surface area contributed by atoms with Crippen LogP contribution in [0.15, 0.2) is 18.2 Å². The fourth-order valence-corrected chi connectivity index (χ4v) is 4.14. The van der Waals surface area contributed by atoms with E-state index in [1.807, 2.05) is 13.8 Å². The molecule has 1 fully saturated rings. The van der Waals surface area contributed by atoms with Gasteiger partial charge in [0.1, 0.15) is 5.75 Å². The summed E-state index contributed by atoms with van der Waals surface area (Å²) in [6.45, 7) is 8.76. The van der Waals surface area contributed by atoms with Crippen LogP contribution in [0.3, 0.4) is 0 Å². The quantitative estimate of drug-likeness (QED) is 0.888. The van der Waals surface area contributed by atoms with Gasteiger partial charge in [-0.25, -0.2) is 0 Å². The minimum Gasteiger partial charge on any atom is -0.494 e. The first kappa shape index (κ1) is 18.2. The van der Waals surface area contributed by atoms with Gasteiger partial charge in [-0.15, -0.1) is 0 Å². The second kappa shape index (κ2) is 8.22. The number of ether oxygens (including phenoxy) is 1. The fraction of sp³-hybridized carbons (Fsp3) is 0.667. The molecular weight excluding hydrogens is 312 g/mol. The number of hydrogen-bond donors (Lipinski definition) is 1. The van der Waals surface area contributed by atoms with E-state index in [1.54, 1.807) is 0 Å². The van der Waals surface area contributed by atoms with Crippen LogP contribution >= 0.6 is 0 Å². The van der Waals surface area contributed by atoms with Gasteiger partial charge in [0.25, 0.3) is 0 Å². The first-order valence-electron chi connectivity index (χ1n) is 9.87. The third-order valence-corrected chi connectivity index (χ3v) is 5.90. The Hall–Kier alpha value is -1.55. The summed E-state index contributed by atoms with van der Waals surface area (Å²) in [7, 11) is 0. The smallest absolute Gasteiger partial charge is 0.237 e. The van der Waals surface area contributed by atoms with E-state index < -0.39 is 0 Å². The molecule has 4 heteroatoms. The number of nitrogens with zero attached hydrogens (tertiary/aromatic N) is 1. The van der Waals surface area contributed by atoms with E-state index in [-0.39, 0.29) is 11.9 Å². The van der Waals surface area contributed by atoms with Crippen LogP contribution in [0.2, 0.25) is 0 Å². The van der Waals surface area contributed by atoms with Crippen molar-refractivity contribution in [1.82, 2.24) is 10.2 Å². The summed E-state index contributed by atoms with van der Waals surface area (Å²) in [6, 6.07) is 6.63.